The Kier molecular flexibility index (Phi) is 5.51. The molecule has 0 aliphatic heterocycles. The second-order valence-corrected chi connectivity index (χ2v) is 5.25. The summed E-state index contributed by atoms with van der Waals surface area (Å²) in [5.74, 6) is 0.0175. The van der Waals surface area contributed by atoms with Gasteiger partial charge in [0.1, 0.15) is 5.75 Å². The highest BCUT2D eigenvalue weighted by molar-refractivity contribution is 7.80. The van der Waals surface area contributed by atoms with E-state index in [-0.39, 0.29) is 10.9 Å². The van der Waals surface area contributed by atoms with Crippen LogP contribution >= 0.6 is 23.8 Å². The van der Waals surface area contributed by atoms with Crippen LogP contribution in [-0.2, 0) is 0 Å². The molecule has 0 aromatic heterocycles. The number of aryl methyl sites for hydroxylation is 1. The van der Waals surface area contributed by atoms with Gasteiger partial charge in [-0.25, -0.2) is 0 Å². The molecule has 0 aliphatic carbocycles. The van der Waals surface area contributed by atoms with Crippen molar-refractivity contribution in [2.45, 2.75) is 13.5 Å². The smallest absolute Gasteiger partial charge is 0.387 e. The number of halogens is 3. The second-order valence-electron chi connectivity index (χ2n) is 4.44. The van der Waals surface area contributed by atoms with E-state index in [4.69, 9.17) is 23.8 Å². The highest BCUT2D eigenvalue weighted by atomic mass is 35.5. The maximum atomic E-state index is 12.4. The summed E-state index contributed by atoms with van der Waals surface area (Å²) < 4.78 is 29.3. The molecule has 22 heavy (non-hydrogen) atoms. The molecular weight excluding hydrogens is 330 g/mol. The average molecular weight is 343 g/mol. The summed E-state index contributed by atoms with van der Waals surface area (Å²) in [6.45, 7) is -1.07. The van der Waals surface area contributed by atoms with Crippen molar-refractivity contribution in [1.29, 1.82) is 0 Å². The molecule has 116 valence electrons. The van der Waals surface area contributed by atoms with Crippen molar-refractivity contribution in [3.8, 4) is 5.75 Å². The van der Waals surface area contributed by atoms with Gasteiger partial charge in [0.15, 0.2) is 5.11 Å². The fraction of sp³-hybridized carbons (Fsp3) is 0.133. The van der Waals surface area contributed by atoms with Gasteiger partial charge in [0, 0.05) is 0 Å². The van der Waals surface area contributed by atoms with E-state index in [9.17, 15) is 8.78 Å². The topological polar surface area (TPSA) is 33.3 Å². The number of rotatable bonds is 4. The normalized spacial score (nSPS) is 10.4. The third kappa shape index (κ3) is 4.54. The maximum Gasteiger partial charge on any atom is 0.387 e. The lowest BCUT2D eigenvalue weighted by molar-refractivity contribution is -0.0493. The van der Waals surface area contributed by atoms with Gasteiger partial charge in [0.05, 0.1) is 16.4 Å². The SMILES string of the molecule is Cc1ccc(OC(F)F)c(NC(=S)Nc2ccccc2Cl)c1. The minimum absolute atomic E-state index is 0.0175. The number of nitrogens with one attached hydrogen (secondary N) is 2. The number of thiocarbonyl (C=S) groups is 1. The van der Waals surface area contributed by atoms with Crippen molar-refractivity contribution in [2.75, 3.05) is 10.6 Å². The largest absolute Gasteiger partial charge is 0.433 e. The molecule has 2 N–H and O–H groups in total. The molecule has 0 heterocycles. The van der Waals surface area contributed by atoms with E-state index in [1.54, 1.807) is 36.4 Å². The Morgan fingerprint density at radius 2 is 1.82 bits per heavy atom. The molecule has 0 saturated heterocycles. The first-order valence-electron chi connectivity index (χ1n) is 6.33. The Morgan fingerprint density at radius 3 is 2.50 bits per heavy atom. The van der Waals surface area contributed by atoms with Crippen LogP contribution in [0, 0.1) is 6.92 Å². The van der Waals surface area contributed by atoms with E-state index < -0.39 is 6.61 Å². The van der Waals surface area contributed by atoms with Crippen molar-refractivity contribution in [1.82, 2.24) is 0 Å². The Balaban J connectivity index is 2.14. The van der Waals surface area contributed by atoms with Gasteiger partial charge in [-0.1, -0.05) is 29.8 Å². The zero-order valence-corrected chi connectivity index (χ0v) is 13.1. The van der Waals surface area contributed by atoms with Crippen LogP contribution in [0.4, 0.5) is 20.2 Å². The van der Waals surface area contributed by atoms with Gasteiger partial charge in [0.2, 0.25) is 0 Å². The molecule has 0 saturated carbocycles. The molecule has 7 heteroatoms. The van der Waals surface area contributed by atoms with Crippen LogP contribution in [0.2, 0.25) is 5.02 Å². The molecule has 0 amide bonds. The molecule has 0 atom stereocenters. The van der Waals surface area contributed by atoms with E-state index in [0.29, 0.717) is 16.4 Å². The Morgan fingerprint density at radius 1 is 1.14 bits per heavy atom. The predicted octanol–water partition coefficient (Wildman–Crippen LogP) is 5.06. The van der Waals surface area contributed by atoms with E-state index in [1.807, 2.05) is 6.92 Å². The predicted molar refractivity (Wildman–Crippen MR) is 89.1 cm³/mol. The number of ether oxygens (including phenoxy) is 1. The second kappa shape index (κ2) is 7.38. The van der Waals surface area contributed by atoms with Crippen molar-refractivity contribution in [3.05, 3.63) is 53.1 Å². The lowest BCUT2D eigenvalue weighted by atomic mass is 10.2. The minimum Gasteiger partial charge on any atom is -0.433 e. The first kappa shape index (κ1) is 16.5. The van der Waals surface area contributed by atoms with E-state index in [0.717, 1.165) is 5.56 Å². The Labute approximate surface area is 137 Å². The molecular formula is C15H13ClF2N2OS. The van der Waals surface area contributed by atoms with Crippen molar-refractivity contribution < 1.29 is 13.5 Å². The third-order valence-electron chi connectivity index (χ3n) is 2.72. The molecule has 0 radical (unpaired) electrons. The maximum absolute atomic E-state index is 12.4. The molecule has 0 fully saturated rings. The summed E-state index contributed by atoms with van der Waals surface area (Å²) in [5.41, 5.74) is 1.85. The lowest BCUT2D eigenvalue weighted by Crippen LogP contribution is -2.20. The van der Waals surface area contributed by atoms with Gasteiger partial charge in [0.25, 0.3) is 0 Å². The average Bonchev–Trinajstić information content (AvgIpc) is 2.44. The molecule has 2 aromatic rings. The fourth-order valence-electron chi connectivity index (χ4n) is 1.78. The first-order chi connectivity index (χ1) is 10.5. The number of benzene rings is 2. The number of hydrogen-bond acceptors (Lipinski definition) is 2. The summed E-state index contributed by atoms with van der Waals surface area (Å²) in [4.78, 5) is 0. The molecule has 2 aromatic carbocycles. The Bertz CT molecular complexity index is 682. The quantitative estimate of drug-likeness (QED) is 0.761. The van der Waals surface area contributed by atoms with Crippen LogP contribution in [0.15, 0.2) is 42.5 Å². The molecule has 3 nitrogen and oxygen atoms in total. The van der Waals surface area contributed by atoms with Crippen LogP contribution in [0.1, 0.15) is 5.56 Å². The summed E-state index contributed by atoms with van der Waals surface area (Å²) in [7, 11) is 0. The van der Waals surface area contributed by atoms with Crippen molar-refractivity contribution in [3.63, 3.8) is 0 Å². The zero-order chi connectivity index (χ0) is 16.1. The van der Waals surface area contributed by atoms with Gasteiger partial charge < -0.3 is 15.4 Å². The third-order valence-corrected chi connectivity index (χ3v) is 3.26. The van der Waals surface area contributed by atoms with E-state index in [1.165, 1.54) is 6.07 Å². The Hall–Kier alpha value is -1.92. The van der Waals surface area contributed by atoms with E-state index in [2.05, 4.69) is 15.4 Å². The van der Waals surface area contributed by atoms with Crippen LogP contribution in [-0.4, -0.2) is 11.7 Å². The van der Waals surface area contributed by atoms with E-state index >= 15 is 0 Å². The van der Waals surface area contributed by atoms with Gasteiger partial charge >= 0.3 is 6.61 Å². The highest BCUT2D eigenvalue weighted by Gasteiger charge is 2.11. The fourth-order valence-corrected chi connectivity index (χ4v) is 2.18. The number of para-hydroxylation sites is 1. The summed E-state index contributed by atoms with van der Waals surface area (Å²) in [6, 6.07) is 11.9. The molecule has 0 aliphatic rings. The van der Waals surface area contributed by atoms with Crippen molar-refractivity contribution >= 4 is 40.3 Å². The van der Waals surface area contributed by atoms with Gasteiger partial charge in [-0.2, -0.15) is 8.78 Å². The van der Waals surface area contributed by atoms with Crippen molar-refractivity contribution in [2.24, 2.45) is 0 Å². The molecule has 2 rings (SSSR count). The van der Waals surface area contributed by atoms with Crippen LogP contribution in [0.25, 0.3) is 0 Å². The minimum atomic E-state index is -2.91. The standard InChI is InChI=1S/C15H13ClF2N2OS/c1-9-6-7-13(21-14(17)18)12(8-9)20-15(22)19-11-5-3-2-4-10(11)16/h2-8,14H,1H3,(H2,19,20,22). The number of hydrogen-bond donors (Lipinski definition) is 2. The first-order valence-corrected chi connectivity index (χ1v) is 7.12. The monoisotopic (exact) mass is 342 g/mol. The molecule has 0 spiro atoms. The summed E-state index contributed by atoms with van der Waals surface area (Å²) >= 11 is 11.2. The zero-order valence-electron chi connectivity index (χ0n) is 11.6. The number of alkyl halides is 2. The number of anilines is 2. The van der Waals surface area contributed by atoms with Gasteiger partial charge in [-0.3, -0.25) is 0 Å². The van der Waals surface area contributed by atoms with Crippen LogP contribution < -0.4 is 15.4 Å². The van der Waals surface area contributed by atoms with Crippen LogP contribution in [0.5, 0.6) is 5.75 Å². The highest BCUT2D eigenvalue weighted by Crippen LogP contribution is 2.28. The van der Waals surface area contributed by atoms with Gasteiger partial charge in [-0.15, -0.1) is 0 Å². The lowest BCUT2D eigenvalue weighted by Gasteiger charge is -2.15. The van der Waals surface area contributed by atoms with Gasteiger partial charge in [-0.05, 0) is 49.0 Å². The van der Waals surface area contributed by atoms with Crippen LogP contribution in [0.3, 0.4) is 0 Å². The molecule has 0 bridgehead atoms. The molecule has 0 unspecified atom stereocenters. The summed E-state index contributed by atoms with van der Waals surface area (Å²) in [6.07, 6.45) is 0. The summed E-state index contributed by atoms with van der Waals surface area (Å²) in [5, 5.41) is 6.46.